The van der Waals surface area contributed by atoms with E-state index in [1.165, 1.54) is 19.8 Å². The third-order valence-corrected chi connectivity index (χ3v) is 5.02. The van der Waals surface area contributed by atoms with Crippen LogP contribution in [0.25, 0.3) is 0 Å². The van der Waals surface area contributed by atoms with Gasteiger partial charge in [0.15, 0.2) is 11.4 Å². The van der Waals surface area contributed by atoms with E-state index in [1.807, 2.05) is 13.8 Å². The minimum atomic E-state index is -1.20. The topological polar surface area (TPSA) is 140 Å². The van der Waals surface area contributed by atoms with Crippen LogP contribution in [-0.4, -0.2) is 61.5 Å². The molecule has 1 saturated heterocycles. The van der Waals surface area contributed by atoms with E-state index in [9.17, 15) is 19.2 Å². The zero-order chi connectivity index (χ0) is 24.6. The summed E-state index contributed by atoms with van der Waals surface area (Å²) in [5.41, 5.74) is 4.01. The molecule has 32 heavy (non-hydrogen) atoms. The molecule has 1 saturated carbocycles. The molecule has 1 aliphatic carbocycles. The van der Waals surface area contributed by atoms with Crippen LogP contribution in [0.3, 0.4) is 0 Å². The zero-order valence-corrected chi connectivity index (χ0v) is 20.5. The molecular formula is C23H43N3O6. The predicted octanol–water partition coefficient (Wildman–Crippen LogP) is 1.86. The maximum Gasteiger partial charge on any atom is 0.319 e. The first kappa shape index (κ1) is 30.0. The molecular weight excluding hydrogens is 414 g/mol. The van der Waals surface area contributed by atoms with Gasteiger partial charge in [-0.3, -0.25) is 19.2 Å². The second-order valence-electron chi connectivity index (χ2n) is 7.99. The SMILES string of the molecule is CC.CC(=O)NCC(=O)N[C@@H](CC1CCCCC1)C(=O)[C@@]1(COC(=O)CN)CO1.CCC. The van der Waals surface area contributed by atoms with Crippen LogP contribution in [0.2, 0.25) is 0 Å². The summed E-state index contributed by atoms with van der Waals surface area (Å²) in [6, 6.07) is -0.742. The maximum atomic E-state index is 13.0. The van der Waals surface area contributed by atoms with Crippen LogP contribution in [-0.2, 0) is 28.7 Å². The van der Waals surface area contributed by atoms with Crippen molar-refractivity contribution in [2.75, 3.05) is 26.3 Å². The van der Waals surface area contributed by atoms with Crippen molar-refractivity contribution in [3.05, 3.63) is 0 Å². The Balaban J connectivity index is 0.00000177. The fraction of sp³-hybridized carbons (Fsp3) is 0.826. The Morgan fingerprint density at radius 1 is 1.12 bits per heavy atom. The van der Waals surface area contributed by atoms with Gasteiger partial charge in [-0.25, -0.2) is 0 Å². The van der Waals surface area contributed by atoms with Gasteiger partial charge in [-0.05, 0) is 12.3 Å². The number of hydrogen-bond acceptors (Lipinski definition) is 7. The van der Waals surface area contributed by atoms with Crippen LogP contribution in [0.15, 0.2) is 0 Å². The van der Waals surface area contributed by atoms with E-state index in [2.05, 4.69) is 24.5 Å². The number of ketones is 1. The van der Waals surface area contributed by atoms with Crippen LogP contribution in [0.4, 0.5) is 0 Å². The van der Waals surface area contributed by atoms with Gasteiger partial charge in [-0.1, -0.05) is 66.2 Å². The van der Waals surface area contributed by atoms with Gasteiger partial charge in [0.2, 0.25) is 11.8 Å². The standard InChI is InChI=1S/C18H29N3O6.C3H8.C2H6/c1-12(22)20-9-15(23)21-14(7-13-5-3-2-4-6-13)17(25)18(11-27-18)10-26-16(24)8-19;1-3-2;1-2/h13-14H,2-11,19H2,1H3,(H,20,22)(H,21,23);3H2,1-2H3;1-2H3/t14-,18+;;/m0../s1. The van der Waals surface area contributed by atoms with Crippen molar-refractivity contribution < 1.29 is 28.7 Å². The molecule has 0 bridgehead atoms. The Hall–Kier alpha value is -2.00. The van der Waals surface area contributed by atoms with E-state index in [0.717, 1.165) is 25.7 Å². The van der Waals surface area contributed by atoms with Crippen LogP contribution < -0.4 is 16.4 Å². The number of epoxide rings is 1. The molecule has 9 heteroatoms. The largest absolute Gasteiger partial charge is 0.461 e. The summed E-state index contributed by atoms with van der Waals surface area (Å²) in [6.45, 7) is 9.04. The molecule has 0 aromatic rings. The van der Waals surface area contributed by atoms with E-state index in [4.69, 9.17) is 15.2 Å². The molecule has 0 aromatic carbocycles. The Morgan fingerprint density at radius 3 is 2.16 bits per heavy atom. The van der Waals surface area contributed by atoms with E-state index < -0.39 is 23.5 Å². The van der Waals surface area contributed by atoms with E-state index >= 15 is 0 Å². The van der Waals surface area contributed by atoms with Crippen molar-refractivity contribution in [2.24, 2.45) is 11.7 Å². The Labute approximate surface area is 192 Å². The maximum absolute atomic E-state index is 13.0. The van der Waals surface area contributed by atoms with Gasteiger partial charge in [0.05, 0.1) is 25.7 Å². The van der Waals surface area contributed by atoms with Crippen molar-refractivity contribution in [2.45, 2.75) is 91.2 Å². The van der Waals surface area contributed by atoms with E-state index in [-0.39, 0.29) is 38.0 Å². The zero-order valence-electron chi connectivity index (χ0n) is 20.5. The molecule has 2 fully saturated rings. The van der Waals surface area contributed by atoms with Gasteiger partial charge >= 0.3 is 5.97 Å². The third-order valence-electron chi connectivity index (χ3n) is 5.02. The van der Waals surface area contributed by atoms with Crippen molar-refractivity contribution in [3.63, 3.8) is 0 Å². The number of nitrogens with one attached hydrogen (secondary N) is 2. The van der Waals surface area contributed by atoms with Gasteiger partial charge in [0, 0.05) is 6.92 Å². The predicted molar refractivity (Wildman–Crippen MR) is 123 cm³/mol. The number of ether oxygens (including phenoxy) is 2. The first-order valence-corrected chi connectivity index (χ1v) is 11.9. The van der Waals surface area contributed by atoms with Crippen molar-refractivity contribution >= 4 is 23.6 Å². The van der Waals surface area contributed by atoms with Crippen LogP contribution in [0.5, 0.6) is 0 Å². The second-order valence-corrected chi connectivity index (χ2v) is 7.99. The molecule has 0 radical (unpaired) electrons. The second kappa shape index (κ2) is 16.6. The average Bonchev–Trinajstić information content (AvgIpc) is 3.59. The van der Waals surface area contributed by atoms with Crippen molar-refractivity contribution in [3.8, 4) is 0 Å². The molecule has 2 aliphatic rings. The molecule has 0 unspecified atom stereocenters. The molecule has 1 heterocycles. The molecule has 2 rings (SSSR count). The van der Waals surface area contributed by atoms with Crippen molar-refractivity contribution in [1.29, 1.82) is 0 Å². The molecule has 4 N–H and O–H groups in total. The summed E-state index contributed by atoms with van der Waals surface area (Å²) in [4.78, 5) is 47.5. The first-order chi connectivity index (χ1) is 15.3. The van der Waals surface area contributed by atoms with Crippen LogP contribution >= 0.6 is 0 Å². The number of carbonyl (C=O) groups excluding carboxylic acids is 4. The Bertz CT molecular complexity index is 586. The number of rotatable bonds is 10. The lowest BCUT2D eigenvalue weighted by Gasteiger charge is -2.28. The monoisotopic (exact) mass is 457 g/mol. The quantitative estimate of drug-likeness (QED) is 0.336. The Morgan fingerprint density at radius 2 is 1.69 bits per heavy atom. The van der Waals surface area contributed by atoms with Gasteiger partial charge in [0.1, 0.15) is 6.61 Å². The first-order valence-electron chi connectivity index (χ1n) is 11.9. The number of esters is 1. The summed E-state index contributed by atoms with van der Waals surface area (Å²) < 4.78 is 10.3. The van der Waals surface area contributed by atoms with E-state index in [0.29, 0.717) is 12.3 Å². The molecule has 0 aromatic heterocycles. The lowest BCUT2D eigenvalue weighted by Crippen LogP contribution is -2.51. The number of Topliss-reactive ketones (excluding diaryl/α,β-unsaturated/α-hetero) is 1. The molecule has 9 nitrogen and oxygen atoms in total. The molecule has 2 amide bonds. The van der Waals surface area contributed by atoms with Crippen LogP contribution in [0.1, 0.15) is 79.6 Å². The average molecular weight is 458 g/mol. The van der Waals surface area contributed by atoms with Gasteiger partial charge in [-0.15, -0.1) is 0 Å². The van der Waals surface area contributed by atoms with Gasteiger partial charge in [0.25, 0.3) is 0 Å². The third kappa shape index (κ3) is 11.6. The van der Waals surface area contributed by atoms with Gasteiger partial charge in [-0.2, -0.15) is 0 Å². The lowest BCUT2D eigenvalue weighted by atomic mass is 9.82. The summed E-state index contributed by atoms with van der Waals surface area (Å²) >= 11 is 0. The summed E-state index contributed by atoms with van der Waals surface area (Å²) in [7, 11) is 0. The number of hydrogen-bond donors (Lipinski definition) is 3. The normalized spacial score (nSPS) is 20.3. The minimum Gasteiger partial charge on any atom is -0.461 e. The molecule has 2 atom stereocenters. The van der Waals surface area contributed by atoms with Crippen LogP contribution in [0, 0.1) is 5.92 Å². The molecule has 1 aliphatic heterocycles. The number of nitrogens with two attached hydrogens (primary N) is 1. The highest BCUT2D eigenvalue weighted by Gasteiger charge is 2.55. The minimum absolute atomic E-state index is 0.145. The molecule has 0 spiro atoms. The summed E-state index contributed by atoms with van der Waals surface area (Å²) in [6.07, 6.45) is 7.21. The summed E-state index contributed by atoms with van der Waals surface area (Å²) in [5, 5.41) is 5.14. The molecule has 186 valence electrons. The van der Waals surface area contributed by atoms with Crippen molar-refractivity contribution in [1.82, 2.24) is 10.6 Å². The highest BCUT2D eigenvalue weighted by atomic mass is 16.6. The lowest BCUT2D eigenvalue weighted by molar-refractivity contribution is -0.146. The fourth-order valence-corrected chi connectivity index (χ4v) is 3.40. The highest BCUT2D eigenvalue weighted by Crippen LogP contribution is 2.33. The summed E-state index contributed by atoms with van der Waals surface area (Å²) in [5.74, 6) is -1.33. The van der Waals surface area contributed by atoms with E-state index in [1.54, 1.807) is 0 Å². The van der Waals surface area contributed by atoms with Gasteiger partial charge < -0.3 is 25.8 Å². The highest BCUT2D eigenvalue weighted by molar-refractivity contribution is 5.97. The number of carbonyl (C=O) groups is 4. The fourth-order valence-electron chi connectivity index (χ4n) is 3.40. The number of amides is 2. The smallest absolute Gasteiger partial charge is 0.319 e. The Kier molecular flexibility index (Phi) is 15.6.